The van der Waals surface area contributed by atoms with Gasteiger partial charge in [-0.05, 0) is 62.4 Å². The Morgan fingerprint density at radius 2 is 1.96 bits per heavy atom. The highest BCUT2D eigenvalue weighted by atomic mass is 35.5. The minimum absolute atomic E-state index is 0.320. The summed E-state index contributed by atoms with van der Waals surface area (Å²) in [5.74, 6) is 0.717. The lowest BCUT2D eigenvalue weighted by Crippen LogP contribution is -2.12. The average molecular weight is 369 g/mol. The van der Waals surface area contributed by atoms with Crippen molar-refractivity contribution in [3.8, 4) is 11.4 Å². The van der Waals surface area contributed by atoms with E-state index < -0.39 is 0 Å². The lowest BCUT2D eigenvalue weighted by Gasteiger charge is -2.20. The fourth-order valence-corrected chi connectivity index (χ4v) is 3.40. The van der Waals surface area contributed by atoms with Crippen LogP contribution < -0.4 is 5.32 Å². The number of nitrogens with one attached hydrogen (secondary N) is 1. The normalized spacial score (nSPS) is 13.3. The van der Waals surface area contributed by atoms with Gasteiger partial charge in [-0.15, -0.1) is 0 Å². The van der Waals surface area contributed by atoms with E-state index in [0.29, 0.717) is 16.4 Å². The van der Waals surface area contributed by atoms with E-state index in [-0.39, 0.29) is 5.82 Å². The number of hydrogen-bond donors (Lipinski definition) is 1. The molecule has 0 amide bonds. The minimum atomic E-state index is -0.379. The first kappa shape index (κ1) is 16.9. The molecule has 0 aliphatic heterocycles. The van der Waals surface area contributed by atoms with Crippen LogP contribution >= 0.6 is 11.6 Å². The highest BCUT2D eigenvalue weighted by molar-refractivity contribution is 6.30. The molecule has 2 heterocycles. The first-order valence-electron chi connectivity index (χ1n) is 8.64. The van der Waals surface area contributed by atoms with Crippen LogP contribution in [0.1, 0.15) is 29.7 Å². The van der Waals surface area contributed by atoms with E-state index in [9.17, 15) is 4.39 Å². The van der Waals surface area contributed by atoms with Crippen molar-refractivity contribution in [1.82, 2.24) is 15.0 Å². The molecule has 1 aromatic carbocycles. The Bertz CT molecular complexity index is 974. The second-order valence-corrected chi connectivity index (χ2v) is 6.90. The molecule has 0 spiro atoms. The molecule has 26 heavy (non-hydrogen) atoms. The Morgan fingerprint density at radius 3 is 2.81 bits per heavy atom. The van der Waals surface area contributed by atoms with Crippen molar-refractivity contribution in [1.29, 1.82) is 0 Å². The van der Waals surface area contributed by atoms with Crippen LogP contribution in [0.25, 0.3) is 11.4 Å². The van der Waals surface area contributed by atoms with E-state index in [4.69, 9.17) is 11.6 Å². The van der Waals surface area contributed by atoms with Crippen LogP contribution in [0.15, 0.2) is 36.7 Å². The van der Waals surface area contributed by atoms with Crippen LogP contribution in [0.4, 0.5) is 15.9 Å². The van der Waals surface area contributed by atoms with Crippen LogP contribution in [0, 0.1) is 12.7 Å². The lowest BCUT2D eigenvalue weighted by atomic mass is 9.96. The van der Waals surface area contributed by atoms with Gasteiger partial charge in [0, 0.05) is 34.4 Å². The van der Waals surface area contributed by atoms with E-state index in [1.807, 2.05) is 13.0 Å². The standard InChI is InChI=1S/C20H18ClFN4/c1-12-11-23-9-8-17(12)24-19-14-4-2-3-5-18(14)25-20(26-19)15-10-13(21)6-7-16(15)22/h6-11H,2-5H2,1H3,(H,23,24,25,26). The van der Waals surface area contributed by atoms with Crippen LogP contribution in [0.3, 0.4) is 0 Å². The summed E-state index contributed by atoms with van der Waals surface area (Å²) in [5.41, 5.74) is 4.36. The second kappa shape index (κ2) is 7.00. The summed E-state index contributed by atoms with van der Waals surface area (Å²) in [7, 11) is 0. The molecule has 2 aromatic heterocycles. The Balaban J connectivity index is 1.85. The second-order valence-electron chi connectivity index (χ2n) is 6.47. The van der Waals surface area contributed by atoms with Gasteiger partial charge in [0.25, 0.3) is 0 Å². The maximum Gasteiger partial charge on any atom is 0.164 e. The SMILES string of the molecule is Cc1cnccc1Nc1nc(-c2cc(Cl)ccc2F)nc2c1CCCC2. The van der Waals surface area contributed by atoms with Gasteiger partial charge in [-0.25, -0.2) is 14.4 Å². The zero-order chi connectivity index (χ0) is 18.1. The quantitative estimate of drug-likeness (QED) is 0.684. The van der Waals surface area contributed by atoms with Crippen molar-refractivity contribution in [2.45, 2.75) is 32.6 Å². The predicted octanol–water partition coefficient (Wildman–Crippen LogP) is 5.26. The average Bonchev–Trinajstić information content (AvgIpc) is 2.65. The van der Waals surface area contributed by atoms with Gasteiger partial charge in [0.05, 0.1) is 5.56 Å². The Labute approximate surface area is 156 Å². The molecule has 0 saturated carbocycles. The maximum atomic E-state index is 14.3. The van der Waals surface area contributed by atoms with Crippen molar-refractivity contribution in [2.24, 2.45) is 0 Å². The molecule has 132 valence electrons. The molecular weight excluding hydrogens is 351 g/mol. The number of benzene rings is 1. The van der Waals surface area contributed by atoms with Crippen molar-refractivity contribution in [3.63, 3.8) is 0 Å². The number of halogens is 2. The van der Waals surface area contributed by atoms with E-state index in [1.54, 1.807) is 18.5 Å². The first-order chi connectivity index (χ1) is 12.6. The summed E-state index contributed by atoms with van der Waals surface area (Å²) in [6, 6.07) is 6.36. The molecule has 0 unspecified atom stereocenters. The van der Waals surface area contributed by atoms with Gasteiger partial charge in [-0.2, -0.15) is 0 Å². The predicted molar refractivity (Wildman–Crippen MR) is 101 cm³/mol. The third-order valence-corrected chi connectivity index (χ3v) is 4.86. The number of pyridine rings is 1. The number of rotatable bonds is 3. The van der Waals surface area contributed by atoms with Gasteiger partial charge in [0.1, 0.15) is 11.6 Å². The molecule has 1 aliphatic rings. The summed E-state index contributed by atoms with van der Waals surface area (Å²) < 4.78 is 14.3. The number of anilines is 2. The van der Waals surface area contributed by atoms with Gasteiger partial charge in [-0.3, -0.25) is 4.98 Å². The molecular formula is C20H18ClFN4. The van der Waals surface area contributed by atoms with Gasteiger partial charge in [0.2, 0.25) is 0 Å². The third kappa shape index (κ3) is 3.27. The van der Waals surface area contributed by atoms with Gasteiger partial charge in [0.15, 0.2) is 5.82 Å². The number of aromatic nitrogens is 3. The monoisotopic (exact) mass is 368 g/mol. The van der Waals surface area contributed by atoms with Gasteiger partial charge >= 0.3 is 0 Å². The van der Waals surface area contributed by atoms with E-state index in [0.717, 1.165) is 54.0 Å². The van der Waals surface area contributed by atoms with Crippen molar-refractivity contribution >= 4 is 23.1 Å². The van der Waals surface area contributed by atoms with Crippen LogP contribution in [-0.4, -0.2) is 15.0 Å². The smallest absolute Gasteiger partial charge is 0.164 e. The van der Waals surface area contributed by atoms with E-state index >= 15 is 0 Å². The molecule has 4 nitrogen and oxygen atoms in total. The first-order valence-corrected chi connectivity index (χ1v) is 9.02. The Hall–Kier alpha value is -2.53. The molecule has 0 saturated heterocycles. The largest absolute Gasteiger partial charge is 0.340 e. The summed E-state index contributed by atoms with van der Waals surface area (Å²) in [6.07, 6.45) is 7.51. The molecule has 4 rings (SSSR count). The molecule has 3 aromatic rings. The molecule has 1 aliphatic carbocycles. The Kier molecular flexibility index (Phi) is 4.55. The van der Waals surface area contributed by atoms with Crippen molar-refractivity contribution in [3.05, 3.63) is 64.3 Å². The molecule has 0 bridgehead atoms. The Morgan fingerprint density at radius 1 is 1.12 bits per heavy atom. The number of aryl methyl sites for hydroxylation is 2. The lowest BCUT2D eigenvalue weighted by molar-refractivity contribution is 0.628. The van der Waals surface area contributed by atoms with Gasteiger partial charge in [-0.1, -0.05) is 11.6 Å². The molecule has 6 heteroatoms. The zero-order valence-electron chi connectivity index (χ0n) is 14.4. The molecule has 0 fully saturated rings. The van der Waals surface area contributed by atoms with Gasteiger partial charge < -0.3 is 5.32 Å². The van der Waals surface area contributed by atoms with Crippen LogP contribution in [-0.2, 0) is 12.8 Å². The minimum Gasteiger partial charge on any atom is -0.340 e. The van der Waals surface area contributed by atoms with Crippen molar-refractivity contribution in [2.75, 3.05) is 5.32 Å². The fourth-order valence-electron chi connectivity index (χ4n) is 3.23. The molecule has 0 atom stereocenters. The topological polar surface area (TPSA) is 50.7 Å². The van der Waals surface area contributed by atoms with Crippen molar-refractivity contribution < 1.29 is 4.39 Å². The zero-order valence-corrected chi connectivity index (χ0v) is 15.1. The third-order valence-electron chi connectivity index (χ3n) is 4.63. The number of nitrogens with zero attached hydrogens (tertiary/aromatic N) is 3. The van der Waals surface area contributed by atoms with E-state index in [2.05, 4.69) is 20.3 Å². The highest BCUT2D eigenvalue weighted by Crippen LogP contribution is 2.32. The summed E-state index contributed by atoms with van der Waals surface area (Å²) >= 11 is 6.06. The summed E-state index contributed by atoms with van der Waals surface area (Å²) in [6.45, 7) is 1.99. The maximum absolute atomic E-state index is 14.3. The number of hydrogen-bond acceptors (Lipinski definition) is 4. The summed E-state index contributed by atoms with van der Waals surface area (Å²) in [5, 5.41) is 3.86. The fraction of sp³-hybridized carbons (Fsp3) is 0.250. The molecule has 1 N–H and O–H groups in total. The summed E-state index contributed by atoms with van der Waals surface area (Å²) in [4.78, 5) is 13.4. The number of fused-ring (bicyclic) bond motifs is 1. The van der Waals surface area contributed by atoms with Crippen LogP contribution in [0.2, 0.25) is 5.02 Å². The molecule has 0 radical (unpaired) electrons. The van der Waals surface area contributed by atoms with E-state index in [1.165, 1.54) is 12.1 Å². The van der Waals surface area contributed by atoms with Crippen LogP contribution in [0.5, 0.6) is 0 Å². The highest BCUT2D eigenvalue weighted by Gasteiger charge is 2.20.